The van der Waals surface area contributed by atoms with Crippen LogP contribution in [0.15, 0.2) is 89.4 Å². The lowest BCUT2D eigenvalue weighted by molar-refractivity contribution is 0.179. The van der Waals surface area contributed by atoms with Gasteiger partial charge in [-0.05, 0) is 36.3 Å². The van der Waals surface area contributed by atoms with E-state index in [0.717, 1.165) is 45.7 Å². The van der Waals surface area contributed by atoms with Gasteiger partial charge >= 0.3 is 0 Å². The smallest absolute Gasteiger partial charge is 0.130 e. The van der Waals surface area contributed by atoms with Crippen molar-refractivity contribution in [3.05, 3.63) is 101 Å². The largest absolute Gasteiger partial charge is 0.493 e. The number of ether oxygens (including phenoxy) is 2. The number of hydrogen-bond donors (Lipinski definition) is 2. The third-order valence-corrected chi connectivity index (χ3v) is 4.98. The lowest BCUT2D eigenvalue weighted by atomic mass is 10.1. The minimum absolute atomic E-state index is 0.398. The predicted molar refractivity (Wildman–Crippen MR) is 129 cm³/mol. The fraction of sp³-hybridized carbons (Fsp3) is 0.231. The fourth-order valence-corrected chi connectivity index (χ4v) is 3.14. The lowest BCUT2D eigenvalue weighted by Crippen LogP contribution is -2.16. The highest BCUT2D eigenvalue weighted by molar-refractivity contribution is 5.82. The van der Waals surface area contributed by atoms with Gasteiger partial charge in [-0.15, -0.1) is 0 Å². The van der Waals surface area contributed by atoms with Gasteiger partial charge in [-0.2, -0.15) is 5.10 Å². The molecule has 6 heteroatoms. The highest BCUT2D eigenvalue weighted by Gasteiger charge is 2.04. The van der Waals surface area contributed by atoms with Crippen LogP contribution in [0.1, 0.15) is 37.1 Å². The fourth-order valence-electron chi connectivity index (χ4n) is 3.14. The average molecular weight is 431 g/mol. The molecular formula is C26H30N4O2. The van der Waals surface area contributed by atoms with Crippen LogP contribution in [0.25, 0.3) is 10.9 Å². The number of pyridine rings is 1. The first-order valence-corrected chi connectivity index (χ1v) is 10.7. The molecule has 0 saturated carbocycles. The van der Waals surface area contributed by atoms with E-state index in [2.05, 4.69) is 29.1 Å². The van der Waals surface area contributed by atoms with E-state index >= 15 is 0 Å². The quantitative estimate of drug-likeness (QED) is 0.119. The van der Waals surface area contributed by atoms with Gasteiger partial charge in [-0.1, -0.05) is 55.5 Å². The van der Waals surface area contributed by atoms with Gasteiger partial charge in [-0.25, -0.2) is 4.98 Å². The molecule has 0 spiro atoms. The first-order chi connectivity index (χ1) is 15.6. The van der Waals surface area contributed by atoms with Crippen LogP contribution in [0.2, 0.25) is 0 Å². The molecule has 0 saturated heterocycles. The topological polar surface area (TPSA) is 95.8 Å². The summed E-state index contributed by atoms with van der Waals surface area (Å²) < 4.78 is 12.0. The van der Waals surface area contributed by atoms with E-state index in [1.807, 2.05) is 67.6 Å². The van der Waals surface area contributed by atoms with Crippen LogP contribution in [0.5, 0.6) is 0 Å². The monoisotopic (exact) mass is 430 g/mol. The molecule has 1 aromatic heterocycles. The summed E-state index contributed by atoms with van der Waals surface area (Å²) in [6, 6.07) is 20.2. The highest BCUT2D eigenvalue weighted by Crippen LogP contribution is 2.16. The average Bonchev–Trinajstić information content (AvgIpc) is 2.84. The van der Waals surface area contributed by atoms with Gasteiger partial charge in [0.15, 0.2) is 0 Å². The third-order valence-electron chi connectivity index (χ3n) is 4.98. The molecule has 4 N–H and O–H groups in total. The molecule has 6 nitrogen and oxygen atoms in total. The van der Waals surface area contributed by atoms with Crippen LogP contribution in [0.3, 0.4) is 0 Å². The van der Waals surface area contributed by atoms with Crippen molar-refractivity contribution < 1.29 is 9.47 Å². The molecule has 0 amide bonds. The number of para-hydroxylation sites is 1. The summed E-state index contributed by atoms with van der Waals surface area (Å²) in [5.74, 6) is 7.21. The molecular weight excluding hydrogens is 400 g/mol. The van der Waals surface area contributed by atoms with Gasteiger partial charge in [0.05, 0.1) is 17.0 Å². The third kappa shape index (κ3) is 6.60. The van der Waals surface area contributed by atoms with E-state index in [0.29, 0.717) is 25.5 Å². The number of hydrazone groups is 1. The van der Waals surface area contributed by atoms with Crippen LogP contribution in [0, 0.1) is 0 Å². The molecule has 3 rings (SSSR count). The number of amidine groups is 1. The van der Waals surface area contributed by atoms with Crippen molar-refractivity contribution in [1.29, 1.82) is 0 Å². The van der Waals surface area contributed by atoms with Gasteiger partial charge in [0, 0.05) is 24.3 Å². The Bertz CT molecular complexity index is 1120. The van der Waals surface area contributed by atoms with E-state index in [1.54, 1.807) is 0 Å². The van der Waals surface area contributed by atoms with Crippen molar-refractivity contribution in [3.63, 3.8) is 0 Å². The van der Waals surface area contributed by atoms with E-state index < -0.39 is 0 Å². The van der Waals surface area contributed by atoms with Crippen LogP contribution < -0.4 is 11.6 Å². The zero-order valence-electron chi connectivity index (χ0n) is 18.6. The Labute approximate surface area is 189 Å². The summed E-state index contributed by atoms with van der Waals surface area (Å²) in [5, 5.41) is 4.62. The Balaban J connectivity index is 1.57. The molecule has 32 heavy (non-hydrogen) atoms. The second-order valence-corrected chi connectivity index (χ2v) is 7.34. The number of nitrogens with two attached hydrogens (primary N) is 2. The second-order valence-electron chi connectivity index (χ2n) is 7.34. The molecule has 0 bridgehead atoms. The van der Waals surface area contributed by atoms with Crippen molar-refractivity contribution in [1.82, 2.24) is 4.98 Å². The van der Waals surface area contributed by atoms with Crippen LogP contribution in [-0.4, -0.2) is 10.8 Å². The second kappa shape index (κ2) is 11.6. The molecule has 0 radical (unpaired) electrons. The zero-order chi connectivity index (χ0) is 22.8. The van der Waals surface area contributed by atoms with E-state index in [4.69, 9.17) is 21.1 Å². The maximum atomic E-state index is 6.02. The van der Waals surface area contributed by atoms with Gasteiger partial charge in [0.25, 0.3) is 0 Å². The summed E-state index contributed by atoms with van der Waals surface area (Å²) in [6.45, 7) is 4.88. The molecule has 0 aliphatic carbocycles. The van der Waals surface area contributed by atoms with Crippen molar-refractivity contribution in [2.45, 2.75) is 39.9 Å². The van der Waals surface area contributed by atoms with Crippen molar-refractivity contribution in [3.8, 4) is 0 Å². The SMILES string of the molecule is C/C=C(\C=C(/CC)OCc1ccc(C/C(N)=N/N)cc1)OCc1ccc2ccccc2n1. The van der Waals surface area contributed by atoms with Gasteiger partial charge in [0.2, 0.25) is 0 Å². The van der Waals surface area contributed by atoms with Crippen molar-refractivity contribution in [2.75, 3.05) is 0 Å². The first-order valence-electron chi connectivity index (χ1n) is 10.7. The maximum absolute atomic E-state index is 6.02. The number of nitrogens with zero attached hydrogens (tertiary/aromatic N) is 2. The zero-order valence-corrected chi connectivity index (χ0v) is 18.6. The van der Waals surface area contributed by atoms with Crippen LogP contribution in [0.4, 0.5) is 0 Å². The Morgan fingerprint density at radius 2 is 1.72 bits per heavy atom. The molecule has 0 atom stereocenters. The Kier molecular flexibility index (Phi) is 8.26. The predicted octanol–water partition coefficient (Wildman–Crippen LogP) is 4.94. The number of fused-ring (bicyclic) bond motifs is 1. The number of rotatable bonds is 10. The normalized spacial score (nSPS) is 12.8. The molecule has 166 valence electrons. The first kappa shape index (κ1) is 22.9. The Morgan fingerprint density at radius 1 is 0.969 bits per heavy atom. The number of hydrogen-bond acceptors (Lipinski definition) is 5. The summed E-state index contributed by atoms with van der Waals surface area (Å²) in [5.41, 5.74) is 9.65. The summed E-state index contributed by atoms with van der Waals surface area (Å²) >= 11 is 0. The van der Waals surface area contributed by atoms with Crippen molar-refractivity contribution >= 4 is 16.7 Å². The summed E-state index contributed by atoms with van der Waals surface area (Å²) in [4.78, 5) is 4.66. The highest BCUT2D eigenvalue weighted by atomic mass is 16.5. The molecule has 0 fully saturated rings. The minimum atomic E-state index is 0.398. The van der Waals surface area contributed by atoms with Crippen LogP contribution in [-0.2, 0) is 29.1 Å². The van der Waals surface area contributed by atoms with Gasteiger partial charge in [0.1, 0.15) is 24.8 Å². The molecule has 2 aromatic carbocycles. The van der Waals surface area contributed by atoms with Gasteiger partial charge < -0.3 is 21.1 Å². The standard InChI is InChI=1S/C26H30N4O2/c1-3-23(31-17-20-11-9-19(10-12-20)15-26(27)30-28)16-24(4-2)32-18-22-14-13-21-7-5-6-8-25(21)29-22/h4-14,16H,3,15,17-18,28H2,1-2H3,(H2,27,30)/b23-16+,24-4+. The lowest BCUT2D eigenvalue weighted by Gasteiger charge is -2.12. The van der Waals surface area contributed by atoms with Crippen LogP contribution >= 0.6 is 0 Å². The number of allylic oxidation sites excluding steroid dienone is 3. The molecule has 0 unspecified atom stereocenters. The molecule has 1 heterocycles. The van der Waals surface area contributed by atoms with E-state index in [1.165, 1.54) is 0 Å². The van der Waals surface area contributed by atoms with E-state index in [9.17, 15) is 0 Å². The molecule has 0 aliphatic heterocycles. The summed E-state index contributed by atoms with van der Waals surface area (Å²) in [7, 11) is 0. The van der Waals surface area contributed by atoms with E-state index in [-0.39, 0.29) is 0 Å². The van der Waals surface area contributed by atoms with Crippen molar-refractivity contribution in [2.24, 2.45) is 16.7 Å². The minimum Gasteiger partial charge on any atom is -0.493 e. The number of benzene rings is 2. The molecule has 0 aliphatic rings. The Morgan fingerprint density at radius 3 is 2.44 bits per heavy atom. The molecule has 3 aromatic rings. The summed E-state index contributed by atoms with van der Waals surface area (Å²) in [6.07, 6.45) is 5.16. The maximum Gasteiger partial charge on any atom is 0.130 e. The number of aromatic nitrogens is 1. The Hall–Kier alpha value is -3.80. The van der Waals surface area contributed by atoms with Gasteiger partial charge in [-0.3, -0.25) is 0 Å².